The highest BCUT2D eigenvalue weighted by Crippen LogP contribution is 2.26. The Morgan fingerprint density at radius 3 is 2.37 bits per heavy atom. The number of carbonyl (C=O) groups excluding carboxylic acids is 7. The third-order valence-corrected chi connectivity index (χ3v) is 12.2. The number of nitrogens with one attached hydrogen (secondary N) is 6. The van der Waals surface area contributed by atoms with Crippen LogP contribution in [0.1, 0.15) is 51.0 Å². The van der Waals surface area contributed by atoms with Crippen LogP contribution < -0.4 is 32.3 Å². The summed E-state index contributed by atoms with van der Waals surface area (Å²) in [5.41, 5.74) is 7.44. The molecule has 7 amide bonds. The highest BCUT2D eigenvalue weighted by molar-refractivity contribution is 8.76. The molecule has 2 aliphatic heterocycles. The molecular weight excluding hydrogens is 807 g/mol. The maximum atomic E-state index is 14.0. The molecule has 0 spiro atoms. The Bertz CT molecular complexity index is 1850. The zero-order valence-corrected chi connectivity index (χ0v) is 35.4. The second-order valence-corrected chi connectivity index (χ2v) is 18.3. The molecule has 324 valence electrons. The summed E-state index contributed by atoms with van der Waals surface area (Å²) in [5.74, 6) is -6.22. The van der Waals surface area contributed by atoms with E-state index in [1.54, 1.807) is 0 Å². The molecule has 2 saturated heterocycles. The topological polar surface area (TPSA) is 271 Å². The first-order chi connectivity index (χ1) is 27.9. The number of unbranched alkanes of at least 4 members (excludes halogenated alkanes) is 1. The van der Waals surface area contributed by atoms with Crippen molar-refractivity contribution < 1.29 is 52.7 Å². The van der Waals surface area contributed by atoms with Gasteiger partial charge in [0.25, 0.3) is 0 Å². The lowest BCUT2D eigenvalue weighted by atomic mass is 10.1. The third kappa shape index (κ3) is 14.7. The third-order valence-electron chi connectivity index (χ3n) is 9.79. The molecule has 0 saturated carbocycles. The largest absolute Gasteiger partial charge is 0.481 e. The van der Waals surface area contributed by atoms with Crippen molar-refractivity contribution >= 4 is 79.8 Å². The molecule has 0 radical (unpaired) electrons. The molecule has 3 heterocycles. The van der Waals surface area contributed by atoms with Gasteiger partial charge in [0.1, 0.15) is 30.2 Å². The van der Waals surface area contributed by atoms with E-state index in [4.69, 9.17) is 10.5 Å². The highest BCUT2D eigenvalue weighted by atomic mass is 33.1. The van der Waals surface area contributed by atoms with Crippen LogP contribution >= 0.6 is 21.6 Å². The van der Waals surface area contributed by atoms with Gasteiger partial charge < -0.3 is 56.5 Å². The lowest BCUT2D eigenvalue weighted by Crippen LogP contribution is -2.58. The number of fused-ring (bicyclic) bond motifs is 2. The molecule has 59 heavy (non-hydrogen) atoms. The molecular formula is C38H56N9O10S2+. The molecule has 2 fully saturated rings. The maximum absolute atomic E-state index is 14.0. The fraction of sp³-hybridized carbons (Fsp3) is 0.579. The average Bonchev–Trinajstić information content (AvgIpc) is 3.79. The molecule has 0 aliphatic carbocycles. The average molecular weight is 863 g/mol. The minimum Gasteiger partial charge on any atom is -0.481 e. The molecule has 1 aromatic carbocycles. The number of aromatic nitrogens is 1. The van der Waals surface area contributed by atoms with Gasteiger partial charge in [-0.15, -0.1) is 0 Å². The van der Waals surface area contributed by atoms with Gasteiger partial charge in [-0.25, -0.2) is 0 Å². The number of nitrogens with zero attached hydrogens (tertiary/aromatic N) is 2. The van der Waals surface area contributed by atoms with Crippen molar-refractivity contribution in [3.8, 4) is 0 Å². The number of H-pyrrole nitrogens is 1. The number of primary amides is 1. The lowest BCUT2D eigenvalue weighted by Gasteiger charge is -2.28. The summed E-state index contributed by atoms with van der Waals surface area (Å²) in [6, 6.07) is 1.42. The lowest BCUT2D eigenvalue weighted by molar-refractivity contribution is -0.870. The molecule has 2 aliphatic rings. The standard InChI is InChI=1S/C38H55N9O10S2/c1-22-38(56)46-19-24(57-20-23-17-40-26-10-6-5-9-25(23)26)15-30(46)37(55)45-29(34(39)52)21-59-58-14-12-31(48)43-27(11-7-8-13-47(2,3)4)35(53)41-18-32(49)44-28(16-33(50)51)36(54)42-22/h5-6,9-10,17,22,24,27-30,40H,7-8,11-16,18-21H2,1-4H3,(H7-,39,41,42,43,44,45,48,49,50,51,52,53,54,55)/p+1/t22-,24?,27?,28-,29-,30-/m0/s1. The molecule has 21 heteroatoms. The van der Waals surface area contributed by atoms with Crippen LogP contribution in [0.2, 0.25) is 0 Å². The van der Waals surface area contributed by atoms with Gasteiger partial charge in [-0.05, 0) is 32.3 Å². The first kappa shape index (κ1) is 46.8. The van der Waals surface area contributed by atoms with Crippen molar-refractivity contribution in [2.24, 2.45) is 5.73 Å². The Morgan fingerprint density at radius 2 is 1.66 bits per heavy atom. The SMILES string of the molecule is C[C@@H]1NC(=O)[C@H](CC(=O)O)NC(=O)CNC(=O)C(CCCC[N+](C)(C)C)NC(=O)CCSSC[C@@H](C(N)=O)NC(=O)[C@@H]2CC(OCc3c[nH]c4ccccc34)CN2C1=O. The van der Waals surface area contributed by atoms with Crippen LogP contribution in [0.5, 0.6) is 0 Å². The van der Waals surface area contributed by atoms with E-state index in [1.165, 1.54) is 33.4 Å². The molecule has 2 aromatic rings. The van der Waals surface area contributed by atoms with Crippen LogP contribution in [0, 0.1) is 0 Å². The predicted molar refractivity (Wildman–Crippen MR) is 221 cm³/mol. The van der Waals surface area contributed by atoms with Crippen LogP contribution in [0.4, 0.5) is 0 Å². The number of benzene rings is 1. The fourth-order valence-corrected chi connectivity index (χ4v) is 8.82. The van der Waals surface area contributed by atoms with Gasteiger partial charge in [0, 0.05) is 53.6 Å². The Hall–Kier alpha value is -4.86. The normalized spacial score (nSPS) is 25.0. The molecule has 9 N–H and O–H groups in total. The maximum Gasteiger partial charge on any atom is 0.305 e. The monoisotopic (exact) mass is 862 g/mol. The summed E-state index contributed by atoms with van der Waals surface area (Å²) in [5, 5.41) is 23.1. The predicted octanol–water partition coefficient (Wildman–Crippen LogP) is -0.649. The van der Waals surface area contributed by atoms with Crippen molar-refractivity contribution in [1.82, 2.24) is 36.5 Å². The first-order valence-corrected chi connectivity index (χ1v) is 21.9. The van der Waals surface area contributed by atoms with E-state index in [0.29, 0.717) is 16.7 Å². The van der Waals surface area contributed by atoms with Gasteiger partial charge in [-0.2, -0.15) is 0 Å². The molecule has 4 rings (SSSR count). The molecule has 6 atom stereocenters. The Labute approximate surface area is 350 Å². The zero-order chi connectivity index (χ0) is 43.3. The minimum absolute atomic E-state index is 0.0116. The highest BCUT2D eigenvalue weighted by Gasteiger charge is 2.43. The van der Waals surface area contributed by atoms with Crippen molar-refractivity contribution in [3.05, 3.63) is 36.0 Å². The number of hydrogen-bond acceptors (Lipinski definition) is 11. The summed E-state index contributed by atoms with van der Waals surface area (Å²) in [7, 11) is 8.57. The quantitative estimate of drug-likeness (QED) is 0.0796. The van der Waals surface area contributed by atoms with Gasteiger partial charge in [0.05, 0.1) is 53.4 Å². The van der Waals surface area contributed by atoms with Crippen LogP contribution in [-0.2, 0) is 49.7 Å². The first-order valence-electron chi connectivity index (χ1n) is 19.4. The Morgan fingerprint density at radius 1 is 0.932 bits per heavy atom. The van der Waals surface area contributed by atoms with Gasteiger partial charge in [0.2, 0.25) is 41.4 Å². The van der Waals surface area contributed by atoms with Crippen molar-refractivity contribution in [2.45, 2.75) is 88.4 Å². The smallest absolute Gasteiger partial charge is 0.305 e. The summed E-state index contributed by atoms with van der Waals surface area (Å²) in [6.45, 7) is 1.65. The summed E-state index contributed by atoms with van der Waals surface area (Å²) in [6.07, 6.45) is 2.03. The molecule has 1 aromatic heterocycles. The van der Waals surface area contributed by atoms with Gasteiger partial charge >= 0.3 is 5.97 Å². The Kier molecular flexibility index (Phi) is 17.4. The van der Waals surface area contributed by atoms with E-state index >= 15 is 0 Å². The zero-order valence-electron chi connectivity index (χ0n) is 33.7. The van der Waals surface area contributed by atoms with Gasteiger partial charge in [-0.1, -0.05) is 39.8 Å². The number of carboxylic acid groups (broad SMARTS) is 1. The van der Waals surface area contributed by atoms with E-state index in [-0.39, 0.29) is 38.2 Å². The summed E-state index contributed by atoms with van der Waals surface area (Å²) < 4.78 is 6.90. The van der Waals surface area contributed by atoms with E-state index in [9.17, 15) is 43.5 Å². The molecule has 2 unspecified atom stereocenters. The van der Waals surface area contributed by atoms with E-state index in [1.807, 2.05) is 51.6 Å². The minimum atomic E-state index is -1.64. The number of amides is 7. The van der Waals surface area contributed by atoms with E-state index in [2.05, 4.69) is 31.6 Å². The second kappa shape index (κ2) is 21.9. The summed E-state index contributed by atoms with van der Waals surface area (Å²) >= 11 is 0. The number of hydrogen-bond donors (Lipinski definition) is 8. The number of para-hydroxylation sites is 1. The van der Waals surface area contributed by atoms with Crippen LogP contribution in [0.3, 0.4) is 0 Å². The number of ether oxygens (including phenoxy) is 1. The van der Waals surface area contributed by atoms with Gasteiger partial charge in [-0.3, -0.25) is 38.4 Å². The Balaban J connectivity index is 1.53. The fourth-order valence-electron chi connectivity index (χ4n) is 6.66. The van der Waals surface area contributed by atoms with Crippen molar-refractivity contribution in [1.29, 1.82) is 0 Å². The van der Waals surface area contributed by atoms with Crippen molar-refractivity contribution in [2.75, 3.05) is 52.3 Å². The van der Waals surface area contributed by atoms with Crippen LogP contribution in [-0.4, -0.2) is 155 Å². The number of carbonyl (C=O) groups is 8. The number of quaternary nitrogens is 1. The number of aromatic amines is 1. The number of carboxylic acids is 1. The second-order valence-electron chi connectivity index (χ2n) is 15.7. The van der Waals surface area contributed by atoms with E-state index < -0.39 is 96.6 Å². The van der Waals surface area contributed by atoms with Crippen LogP contribution in [0.25, 0.3) is 10.9 Å². The number of rotatable bonds is 11. The number of aliphatic carboxylic acids is 1. The van der Waals surface area contributed by atoms with Crippen LogP contribution in [0.15, 0.2) is 30.5 Å². The van der Waals surface area contributed by atoms with Gasteiger partial charge in [0.15, 0.2) is 0 Å². The van der Waals surface area contributed by atoms with Crippen molar-refractivity contribution in [3.63, 3.8) is 0 Å². The summed E-state index contributed by atoms with van der Waals surface area (Å²) in [4.78, 5) is 109. The molecule has 19 nitrogen and oxygen atoms in total. The van der Waals surface area contributed by atoms with E-state index in [0.717, 1.165) is 29.4 Å². The number of nitrogens with two attached hydrogens (primary N) is 1. The molecule has 0 bridgehead atoms.